The Morgan fingerprint density at radius 3 is 2.46 bits per heavy atom. The summed E-state index contributed by atoms with van der Waals surface area (Å²) in [5.74, 6) is 0.433. The van der Waals surface area contributed by atoms with Gasteiger partial charge in [0.1, 0.15) is 11.6 Å². The maximum absolute atomic E-state index is 13.7. The topological polar surface area (TPSA) is 102 Å². The SMILES string of the molecule is O=C(COc1ccccc1)NCc1nnc(SCC(=O)N2N=C(c3cccs3)C[C@H]2c2ccc(F)cc2)n1CCc1ccccc1. The lowest BCUT2D eigenvalue weighted by molar-refractivity contribution is -0.130. The van der Waals surface area contributed by atoms with Crippen molar-refractivity contribution in [3.05, 3.63) is 130 Å². The molecule has 2 amide bonds. The average molecular weight is 655 g/mol. The average Bonchev–Trinajstić information content (AvgIpc) is 3.86. The van der Waals surface area contributed by atoms with E-state index in [-0.39, 0.29) is 42.6 Å². The number of benzene rings is 3. The normalized spacial score (nSPS) is 14.2. The van der Waals surface area contributed by atoms with Gasteiger partial charge in [0, 0.05) is 13.0 Å². The van der Waals surface area contributed by atoms with Gasteiger partial charge in [-0.2, -0.15) is 5.10 Å². The van der Waals surface area contributed by atoms with E-state index in [0.29, 0.717) is 36.1 Å². The molecule has 6 rings (SSSR count). The van der Waals surface area contributed by atoms with Crippen LogP contribution in [0.2, 0.25) is 0 Å². The van der Waals surface area contributed by atoms with Gasteiger partial charge in [0.25, 0.3) is 11.8 Å². The Labute approximate surface area is 274 Å². The molecule has 1 N–H and O–H groups in total. The van der Waals surface area contributed by atoms with Gasteiger partial charge in [-0.05, 0) is 53.3 Å². The minimum Gasteiger partial charge on any atom is -0.484 e. The van der Waals surface area contributed by atoms with Gasteiger partial charge in [-0.3, -0.25) is 9.59 Å². The Kier molecular flexibility index (Phi) is 10.2. The summed E-state index contributed by atoms with van der Waals surface area (Å²) in [6, 6.07) is 29.0. The van der Waals surface area contributed by atoms with Crippen molar-refractivity contribution in [2.45, 2.75) is 37.1 Å². The van der Waals surface area contributed by atoms with E-state index in [9.17, 15) is 14.0 Å². The van der Waals surface area contributed by atoms with Crippen LogP contribution in [-0.4, -0.2) is 49.7 Å². The fourth-order valence-corrected chi connectivity index (χ4v) is 6.59. The molecule has 1 aliphatic rings. The summed E-state index contributed by atoms with van der Waals surface area (Å²) in [6.45, 7) is 0.583. The van der Waals surface area contributed by atoms with Crippen LogP contribution in [-0.2, 0) is 29.1 Å². The lowest BCUT2D eigenvalue weighted by Gasteiger charge is -2.22. The number of thioether (sulfide) groups is 1. The number of nitrogens with one attached hydrogen (secondary N) is 1. The number of aryl methyl sites for hydroxylation is 1. The quantitative estimate of drug-likeness (QED) is 0.159. The first-order valence-corrected chi connectivity index (χ1v) is 16.6. The second kappa shape index (κ2) is 15.0. The van der Waals surface area contributed by atoms with E-state index in [4.69, 9.17) is 9.84 Å². The zero-order chi connectivity index (χ0) is 31.7. The third-order valence-electron chi connectivity index (χ3n) is 7.37. The van der Waals surface area contributed by atoms with E-state index in [1.54, 1.807) is 35.6 Å². The van der Waals surface area contributed by atoms with Crippen LogP contribution in [0.1, 0.15) is 34.3 Å². The molecule has 9 nitrogen and oxygen atoms in total. The largest absolute Gasteiger partial charge is 0.484 e. The van der Waals surface area contributed by atoms with Crippen LogP contribution in [0.4, 0.5) is 4.39 Å². The first-order valence-electron chi connectivity index (χ1n) is 14.8. The van der Waals surface area contributed by atoms with Crippen molar-refractivity contribution in [2.75, 3.05) is 12.4 Å². The Morgan fingerprint density at radius 1 is 0.957 bits per heavy atom. The number of aromatic nitrogens is 3. The minimum absolute atomic E-state index is 0.0691. The van der Waals surface area contributed by atoms with E-state index in [1.165, 1.54) is 28.9 Å². The molecule has 0 aliphatic carbocycles. The van der Waals surface area contributed by atoms with Gasteiger partial charge < -0.3 is 14.6 Å². The molecular formula is C34H31FN6O3S2. The van der Waals surface area contributed by atoms with E-state index in [0.717, 1.165) is 21.7 Å². The van der Waals surface area contributed by atoms with Crippen LogP contribution >= 0.6 is 23.1 Å². The second-order valence-electron chi connectivity index (χ2n) is 10.5. The smallest absolute Gasteiger partial charge is 0.258 e. The number of amides is 2. The summed E-state index contributed by atoms with van der Waals surface area (Å²) in [6.07, 6.45) is 1.25. The Morgan fingerprint density at radius 2 is 1.72 bits per heavy atom. The summed E-state index contributed by atoms with van der Waals surface area (Å²) in [7, 11) is 0. The summed E-state index contributed by atoms with van der Waals surface area (Å²) in [5.41, 5.74) is 2.78. The summed E-state index contributed by atoms with van der Waals surface area (Å²) < 4.78 is 21.2. The zero-order valence-electron chi connectivity index (χ0n) is 24.8. The fourth-order valence-electron chi connectivity index (χ4n) is 5.03. The Hall–Kier alpha value is -4.81. The van der Waals surface area contributed by atoms with Crippen LogP contribution in [0.15, 0.2) is 113 Å². The lowest BCUT2D eigenvalue weighted by Crippen LogP contribution is -2.30. The predicted octanol–water partition coefficient (Wildman–Crippen LogP) is 5.89. The molecule has 0 unspecified atom stereocenters. The molecule has 0 saturated carbocycles. The molecule has 0 spiro atoms. The number of carbonyl (C=O) groups is 2. The first kappa shape index (κ1) is 31.2. The highest BCUT2D eigenvalue weighted by Crippen LogP contribution is 2.34. The van der Waals surface area contributed by atoms with Crippen molar-refractivity contribution < 1.29 is 18.7 Å². The number of hydrogen-bond acceptors (Lipinski definition) is 8. The number of ether oxygens (including phenoxy) is 1. The van der Waals surface area contributed by atoms with Crippen LogP contribution < -0.4 is 10.1 Å². The molecule has 5 aromatic rings. The third-order valence-corrected chi connectivity index (χ3v) is 9.24. The molecule has 2 aromatic heterocycles. The van der Waals surface area contributed by atoms with Gasteiger partial charge in [-0.25, -0.2) is 9.40 Å². The van der Waals surface area contributed by atoms with Crippen LogP contribution in [0.25, 0.3) is 0 Å². The molecule has 0 bridgehead atoms. The van der Waals surface area contributed by atoms with E-state index >= 15 is 0 Å². The molecule has 1 aliphatic heterocycles. The first-order chi connectivity index (χ1) is 22.5. The molecule has 0 radical (unpaired) electrons. The van der Waals surface area contributed by atoms with E-state index < -0.39 is 0 Å². The van der Waals surface area contributed by atoms with Gasteiger partial charge in [0.15, 0.2) is 17.6 Å². The van der Waals surface area contributed by atoms with E-state index in [2.05, 4.69) is 27.6 Å². The highest BCUT2D eigenvalue weighted by molar-refractivity contribution is 7.99. The van der Waals surface area contributed by atoms with Gasteiger partial charge in [0.05, 0.1) is 28.9 Å². The van der Waals surface area contributed by atoms with Crippen LogP contribution in [0, 0.1) is 5.82 Å². The molecule has 3 heterocycles. The maximum atomic E-state index is 13.7. The number of halogens is 1. The third kappa shape index (κ3) is 7.88. The molecule has 12 heteroatoms. The van der Waals surface area contributed by atoms with Crippen molar-refractivity contribution in [2.24, 2.45) is 5.10 Å². The summed E-state index contributed by atoms with van der Waals surface area (Å²) in [4.78, 5) is 27.2. The van der Waals surface area contributed by atoms with Crippen molar-refractivity contribution in [1.29, 1.82) is 0 Å². The van der Waals surface area contributed by atoms with Gasteiger partial charge in [0.2, 0.25) is 0 Å². The van der Waals surface area contributed by atoms with Crippen LogP contribution in [0.3, 0.4) is 0 Å². The van der Waals surface area contributed by atoms with Gasteiger partial charge in [-0.1, -0.05) is 78.5 Å². The highest BCUT2D eigenvalue weighted by Gasteiger charge is 2.33. The molecule has 3 aromatic carbocycles. The number of hydrogen-bond donors (Lipinski definition) is 1. The minimum atomic E-state index is -0.342. The number of carbonyl (C=O) groups excluding carboxylic acids is 2. The lowest BCUT2D eigenvalue weighted by atomic mass is 10.0. The Balaban J connectivity index is 1.15. The predicted molar refractivity (Wildman–Crippen MR) is 176 cm³/mol. The molecule has 0 fully saturated rings. The van der Waals surface area contributed by atoms with Crippen molar-refractivity contribution >= 4 is 40.6 Å². The molecule has 1 atom stereocenters. The fraction of sp³-hybridized carbons (Fsp3) is 0.206. The summed E-state index contributed by atoms with van der Waals surface area (Å²) >= 11 is 2.84. The number of thiophene rings is 1. The van der Waals surface area contributed by atoms with Gasteiger partial charge in [-0.15, -0.1) is 21.5 Å². The number of hydrazone groups is 1. The molecule has 46 heavy (non-hydrogen) atoms. The van der Waals surface area contributed by atoms with E-state index in [1.807, 2.05) is 58.5 Å². The number of para-hydroxylation sites is 1. The van der Waals surface area contributed by atoms with Crippen LogP contribution in [0.5, 0.6) is 5.75 Å². The molecule has 0 saturated heterocycles. The molecular weight excluding hydrogens is 624 g/mol. The van der Waals surface area contributed by atoms with Crippen molar-refractivity contribution in [3.63, 3.8) is 0 Å². The maximum Gasteiger partial charge on any atom is 0.258 e. The number of rotatable bonds is 13. The van der Waals surface area contributed by atoms with Crippen molar-refractivity contribution in [3.8, 4) is 5.75 Å². The van der Waals surface area contributed by atoms with Gasteiger partial charge >= 0.3 is 0 Å². The zero-order valence-corrected chi connectivity index (χ0v) is 26.4. The molecule has 234 valence electrons. The summed E-state index contributed by atoms with van der Waals surface area (Å²) in [5, 5.41) is 20.4. The highest BCUT2D eigenvalue weighted by atomic mass is 32.2. The number of nitrogens with zero attached hydrogens (tertiary/aromatic N) is 5. The Bertz CT molecular complexity index is 1780. The standard InChI is InChI=1S/C34H31FN6O3S2/c35-26-15-13-25(14-16-26)29-20-28(30-12-7-19-45-30)39-41(29)33(43)23-46-34-38-37-31(40(34)18-17-24-8-3-1-4-9-24)21-36-32(42)22-44-27-10-5-2-6-11-27/h1-16,19,29H,17-18,20-23H2,(H,36,42)/t29-/m0/s1. The second-order valence-corrected chi connectivity index (χ2v) is 12.4. The van der Waals surface area contributed by atoms with Crippen molar-refractivity contribution in [1.82, 2.24) is 25.1 Å². The monoisotopic (exact) mass is 654 g/mol.